The van der Waals surface area contributed by atoms with Crippen LogP contribution >= 0.6 is 23.2 Å². The minimum atomic E-state index is -0.730. The molecule has 1 N–H and O–H groups in total. The number of hydrogen-bond donors (Lipinski definition) is 1. The van der Waals surface area contributed by atoms with Gasteiger partial charge < -0.3 is 19.5 Å². The molecule has 7 heteroatoms. The zero-order valence-corrected chi connectivity index (χ0v) is 15.9. The summed E-state index contributed by atoms with van der Waals surface area (Å²) in [4.78, 5) is 12.4. The first-order chi connectivity index (χ1) is 11.8. The summed E-state index contributed by atoms with van der Waals surface area (Å²) >= 11 is 12.1. The second kappa shape index (κ2) is 8.32. The lowest BCUT2D eigenvalue weighted by Crippen LogP contribution is -2.30. The van der Waals surface area contributed by atoms with E-state index in [0.717, 1.165) is 5.56 Å². The lowest BCUT2D eigenvalue weighted by molar-refractivity contribution is -0.122. The van der Waals surface area contributed by atoms with E-state index in [2.05, 4.69) is 5.32 Å². The Balaban J connectivity index is 2.13. The van der Waals surface area contributed by atoms with E-state index in [1.54, 1.807) is 37.3 Å². The second-order valence-electron chi connectivity index (χ2n) is 5.35. The van der Waals surface area contributed by atoms with Crippen LogP contribution in [0.4, 0.5) is 5.69 Å². The van der Waals surface area contributed by atoms with Gasteiger partial charge in [0, 0.05) is 11.1 Å². The van der Waals surface area contributed by atoms with Gasteiger partial charge in [0.25, 0.3) is 5.91 Å². The molecular formula is C18H19Cl2NO4. The van der Waals surface area contributed by atoms with Crippen LogP contribution in [-0.2, 0) is 4.79 Å². The summed E-state index contributed by atoms with van der Waals surface area (Å²) in [6.45, 7) is 3.51. The monoisotopic (exact) mass is 383 g/mol. The molecule has 0 heterocycles. The number of aryl methyl sites for hydroxylation is 1. The third-order valence-electron chi connectivity index (χ3n) is 3.54. The second-order valence-corrected chi connectivity index (χ2v) is 6.16. The van der Waals surface area contributed by atoms with Crippen molar-refractivity contribution < 1.29 is 19.0 Å². The number of carbonyl (C=O) groups excluding carboxylic acids is 1. The Morgan fingerprint density at radius 1 is 1.04 bits per heavy atom. The molecule has 0 radical (unpaired) electrons. The lowest BCUT2D eigenvalue weighted by Gasteiger charge is -2.17. The number of benzene rings is 2. The number of anilines is 1. The molecule has 2 rings (SSSR count). The smallest absolute Gasteiger partial charge is 0.265 e. The number of methoxy groups -OCH3 is 2. The van der Waals surface area contributed by atoms with Crippen LogP contribution in [0.25, 0.3) is 0 Å². The Morgan fingerprint density at radius 3 is 2.32 bits per heavy atom. The minimum absolute atomic E-state index is 0.341. The quantitative estimate of drug-likeness (QED) is 0.783. The largest absolute Gasteiger partial charge is 0.495 e. The molecule has 0 aromatic heterocycles. The molecule has 0 fully saturated rings. The van der Waals surface area contributed by atoms with Crippen molar-refractivity contribution in [2.75, 3.05) is 19.5 Å². The third kappa shape index (κ3) is 4.71. The highest BCUT2D eigenvalue weighted by atomic mass is 35.5. The van der Waals surface area contributed by atoms with E-state index < -0.39 is 6.10 Å². The highest BCUT2D eigenvalue weighted by Crippen LogP contribution is 2.36. The van der Waals surface area contributed by atoms with Crippen LogP contribution in [-0.4, -0.2) is 26.2 Å². The summed E-state index contributed by atoms with van der Waals surface area (Å²) in [5.74, 6) is 1.11. The molecule has 0 aliphatic rings. The molecule has 2 aromatic rings. The molecule has 2 aromatic carbocycles. The van der Waals surface area contributed by atoms with Crippen molar-refractivity contribution in [1.82, 2.24) is 0 Å². The SMILES string of the molecule is COc1cc(OC)c(NC(=O)[C@@H](C)Oc2ccc(Cl)c(C)c2)cc1Cl. The van der Waals surface area contributed by atoms with E-state index >= 15 is 0 Å². The van der Waals surface area contributed by atoms with Crippen molar-refractivity contribution in [3.05, 3.63) is 45.9 Å². The maximum absolute atomic E-state index is 12.4. The van der Waals surface area contributed by atoms with Gasteiger partial charge in [0.05, 0.1) is 24.9 Å². The molecule has 1 atom stereocenters. The number of nitrogens with one attached hydrogen (secondary N) is 1. The first-order valence-corrected chi connectivity index (χ1v) is 8.26. The number of amides is 1. The predicted molar refractivity (Wildman–Crippen MR) is 99.5 cm³/mol. The molecule has 0 spiro atoms. The zero-order chi connectivity index (χ0) is 18.6. The Kier molecular flexibility index (Phi) is 6.39. The molecule has 0 unspecified atom stereocenters. The Bertz CT molecular complexity index is 780. The standard InChI is InChI=1S/C18H19Cl2NO4/c1-10-7-12(5-6-13(10)19)25-11(2)18(22)21-15-8-14(20)16(23-3)9-17(15)24-4/h5-9,11H,1-4H3,(H,21,22)/t11-/m1/s1. The first kappa shape index (κ1) is 19.2. The summed E-state index contributed by atoms with van der Waals surface area (Å²) in [5, 5.41) is 3.75. The molecule has 5 nitrogen and oxygen atoms in total. The Labute approximate surface area is 156 Å². The van der Waals surface area contributed by atoms with E-state index in [9.17, 15) is 4.79 Å². The van der Waals surface area contributed by atoms with Gasteiger partial charge in [-0.05, 0) is 43.7 Å². The molecule has 0 bridgehead atoms. The highest BCUT2D eigenvalue weighted by Gasteiger charge is 2.18. The van der Waals surface area contributed by atoms with E-state index in [-0.39, 0.29) is 5.91 Å². The van der Waals surface area contributed by atoms with Gasteiger partial charge in [0.15, 0.2) is 6.10 Å². The molecule has 0 aliphatic heterocycles. The maximum Gasteiger partial charge on any atom is 0.265 e. The van der Waals surface area contributed by atoms with Crippen LogP contribution < -0.4 is 19.5 Å². The summed E-state index contributed by atoms with van der Waals surface area (Å²) in [5.41, 5.74) is 1.30. The van der Waals surface area contributed by atoms with Gasteiger partial charge in [-0.15, -0.1) is 0 Å². The molecule has 1 amide bonds. The van der Waals surface area contributed by atoms with Crippen molar-refractivity contribution in [3.8, 4) is 17.2 Å². The maximum atomic E-state index is 12.4. The van der Waals surface area contributed by atoms with Gasteiger partial charge in [-0.3, -0.25) is 4.79 Å². The Morgan fingerprint density at radius 2 is 1.72 bits per heavy atom. The van der Waals surface area contributed by atoms with E-state index in [1.165, 1.54) is 14.2 Å². The molecular weight excluding hydrogens is 365 g/mol. The van der Waals surface area contributed by atoms with Gasteiger partial charge >= 0.3 is 0 Å². The predicted octanol–water partition coefficient (Wildman–Crippen LogP) is 4.73. The fraction of sp³-hybridized carbons (Fsp3) is 0.278. The van der Waals surface area contributed by atoms with Gasteiger partial charge in [-0.1, -0.05) is 23.2 Å². The molecule has 0 saturated heterocycles. The van der Waals surface area contributed by atoms with E-state index in [4.69, 9.17) is 37.4 Å². The summed E-state index contributed by atoms with van der Waals surface area (Å²) in [6.07, 6.45) is -0.730. The minimum Gasteiger partial charge on any atom is -0.495 e. The number of ether oxygens (including phenoxy) is 3. The number of halogens is 2. The van der Waals surface area contributed by atoms with Gasteiger partial charge in [0.2, 0.25) is 0 Å². The van der Waals surface area contributed by atoms with Crippen molar-refractivity contribution in [2.24, 2.45) is 0 Å². The van der Waals surface area contributed by atoms with Crippen LogP contribution in [0.5, 0.6) is 17.2 Å². The summed E-state index contributed by atoms with van der Waals surface area (Å²) in [6, 6.07) is 8.38. The van der Waals surface area contributed by atoms with Crippen LogP contribution in [0, 0.1) is 6.92 Å². The zero-order valence-electron chi connectivity index (χ0n) is 14.4. The molecule has 134 valence electrons. The average Bonchev–Trinajstić information content (AvgIpc) is 2.58. The van der Waals surface area contributed by atoms with Gasteiger partial charge in [-0.2, -0.15) is 0 Å². The average molecular weight is 384 g/mol. The van der Waals surface area contributed by atoms with Crippen LogP contribution in [0.15, 0.2) is 30.3 Å². The van der Waals surface area contributed by atoms with Gasteiger partial charge in [0.1, 0.15) is 17.2 Å². The van der Waals surface area contributed by atoms with Crippen molar-refractivity contribution in [1.29, 1.82) is 0 Å². The summed E-state index contributed by atoms with van der Waals surface area (Å²) in [7, 11) is 3.00. The fourth-order valence-electron chi connectivity index (χ4n) is 2.14. The van der Waals surface area contributed by atoms with Crippen molar-refractivity contribution >= 4 is 34.8 Å². The van der Waals surface area contributed by atoms with Gasteiger partial charge in [-0.25, -0.2) is 0 Å². The lowest BCUT2D eigenvalue weighted by atomic mass is 10.2. The fourth-order valence-corrected chi connectivity index (χ4v) is 2.50. The topological polar surface area (TPSA) is 56.8 Å². The molecule has 0 saturated carbocycles. The van der Waals surface area contributed by atoms with E-state index in [0.29, 0.717) is 33.0 Å². The van der Waals surface area contributed by atoms with Crippen molar-refractivity contribution in [3.63, 3.8) is 0 Å². The third-order valence-corrected chi connectivity index (χ3v) is 4.26. The van der Waals surface area contributed by atoms with Crippen LogP contribution in [0.2, 0.25) is 10.0 Å². The van der Waals surface area contributed by atoms with Crippen LogP contribution in [0.1, 0.15) is 12.5 Å². The molecule has 0 aliphatic carbocycles. The molecule has 25 heavy (non-hydrogen) atoms. The number of carbonyl (C=O) groups is 1. The van der Waals surface area contributed by atoms with E-state index in [1.807, 2.05) is 6.92 Å². The number of hydrogen-bond acceptors (Lipinski definition) is 4. The Hall–Kier alpha value is -2.11. The normalized spacial score (nSPS) is 11.6. The first-order valence-electron chi connectivity index (χ1n) is 7.51. The summed E-state index contributed by atoms with van der Waals surface area (Å²) < 4.78 is 16.1. The van der Waals surface area contributed by atoms with Crippen LogP contribution in [0.3, 0.4) is 0 Å². The number of rotatable bonds is 6. The highest BCUT2D eigenvalue weighted by molar-refractivity contribution is 6.32. The van der Waals surface area contributed by atoms with Crippen molar-refractivity contribution in [2.45, 2.75) is 20.0 Å².